The van der Waals surface area contributed by atoms with Crippen LogP contribution in [-0.2, 0) is 0 Å². The standard InChI is InChI=1S/C17H18FN3O2/c1-17(2,3)21-16(23)14-10-11(8-9-19-14)15(22)20-13-6-4-12(18)5-7-13/h4-10H,1-3H3,(H,20,22)(H,21,23). The zero-order valence-electron chi connectivity index (χ0n) is 13.2. The number of anilines is 1. The second kappa shape index (κ2) is 6.56. The second-order valence-electron chi connectivity index (χ2n) is 6.09. The molecule has 0 aliphatic carbocycles. The molecule has 2 aromatic rings. The first-order valence-electron chi connectivity index (χ1n) is 7.10. The van der Waals surface area contributed by atoms with Crippen molar-refractivity contribution >= 4 is 17.5 Å². The molecule has 0 unspecified atom stereocenters. The lowest BCUT2D eigenvalue weighted by Crippen LogP contribution is -2.41. The summed E-state index contributed by atoms with van der Waals surface area (Å²) in [5.41, 5.74) is 0.523. The van der Waals surface area contributed by atoms with Gasteiger partial charge in [0.1, 0.15) is 11.5 Å². The number of carbonyl (C=O) groups excluding carboxylic acids is 2. The van der Waals surface area contributed by atoms with Gasteiger partial charge in [0.25, 0.3) is 11.8 Å². The Morgan fingerprint density at radius 2 is 1.70 bits per heavy atom. The van der Waals surface area contributed by atoms with Crippen LogP contribution in [0, 0.1) is 5.82 Å². The number of hydrogen-bond acceptors (Lipinski definition) is 3. The van der Waals surface area contributed by atoms with Crippen molar-refractivity contribution in [3.05, 3.63) is 59.7 Å². The highest BCUT2D eigenvalue weighted by Gasteiger charge is 2.17. The molecule has 1 aromatic carbocycles. The van der Waals surface area contributed by atoms with E-state index in [9.17, 15) is 14.0 Å². The number of halogens is 1. The summed E-state index contributed by atoms with van der Waals surface area (Å²) >= 11 is 0. The summed E-state index contributed by atoms with van der Waals surface area (Å²) < 4.78 is 12.9. The van der Waals surface area contributed by atoms with E-state index in [1.165, 1.54) is 42.6 Å². The SMILES string of the molecule is CC(C)(C)NC(=O)c1cc(C(=O)Nc2ccc(F)cc2)ccn1. The number of pyridine rings is 1. The van der Waals surface area contributed by atoms with E-state index < -0.39 is 11.4 Å². The first kappa shape index (κ1) is 16.6. The second-order valence-corrected chi connectivity index (χ2v) is 6.09. The van der Waals surface area contributed by atoms with Crippen LogP contribution in [0.25, 0.3) is 0 Å². The van der Waals surface area contributed by atoms with Crippen LogP contribution in [0.4, 0.5) is 10.1 Å². The fourth-order valence-corrected chi connectivity index (χ4v) is 1.84. The minimum absolute atomic E-state index is 0.159. The number of rotatable bonds is 3. The highest BCUT2D eigenvalue weighted by molar-refractivity contribution is 6.05. The minimum atomic E-state index is -0.399. The van der Waals surface area contributed by atoms with E-state index in [0.29, 0.717) is 11.3 Å². The third kappa shape index (κ3) is 4.88. The summed E-state index contributed by atoms with van der Waals surface area (Å²) in [6, 6.07) is 8.35. The molecule has 6 heteroatoms. The van der Waals surface area contributed by atoms with Crippen LogP contribution in [0.1, 0.15) is 41.6 Å². The normalized spacial score (nSPS) is 11.0. The Labute approximate surface area is 133 Å². The third-order valence-corrected chi connectivity index (χ3v) is 2.85. The van der Waals surface area contributed by atoms with E-state index in [2.05, 4.69) is 15.6 Å². The Morgan fingerprint density at radius 3 is 2.30 bits per heavy atom. The maximum Gasteiger partial charge on any atom is 0.270 e. The smallest absolute Gasteiger partial charge is 0.270 e. The van der Waals surface area contributed by atoms with E-state index in [1.807, 2.05) is 20.8 Å². The van der Waals surface area contributed by atoms with Crippen molar-refractivity contribution in [2.45, 2.75) is 26.3 Å². The van der Waals surface area contributed by atoms with E-state index in [-0.39, 0.29) is 17.4 Å². The van der Waals surface area contributed by atoms with Gasteiger partial charge in [0.2, 0.25) is 0 Å². The molecule has 1 aromatic heterocycles. The number of aromatic nitrogens is 1. The zero-order valence-corrected chi connectivity index (χ0v) is 13.2. The van der Waals surface area contributed by atoms with E-state index >= 15 is 0 Å². The highest BCUT2D eigenvalue weighted by Crippen LogP contribution is 2.11. The Balaban J connectivity index is 2.14. The molecule has 2 rings (SSSR count). The van der Waals surface area contributed by atoms with Crippen molar-refractivity contribution < 1.29 is 14.0 Å². The van der Waals surface area contributed by atoms with Gasteiger partial charge in [-0.15, -0.1) is 0 Å². The van der Waals surface area contributed by atoms with Gasteiger partial charge in [-0.3, -0.25) is 14.6 Å². The Hall–Kier alpha value is -2.76. The average molecular weight is 315 g/mol. The number of carbonyl (C=O) groups is 2. The molecule has 0 spiro atoms. The first-order valence-corrected chi connectivity index (χ1v) is 7.10. The van der Waals surface area contributed by atoms with Gasteiger partial charge in [0, 0.05) is 23.0 Å². The van der Waals surface area contributed by atoms with Crippen molar-refractivity contribution in [3.8, 4) is 0 Å². The molecule has 1 heterocycles. The molecular weight excluding hydrogens is 297 g/mol. The Kier molecular flexibility index (Phi) is 4.74. The highest BCUT2D eigenvalue weighted by atomic mass is 19.1. The lowest BCUT2D eigenvalue weighted by Gasteiger charge is -2.20. The van der Waals surface area contributed by atoms with Gasteiger partial charge < -0.3 is 10.6 Å². The van der Waals surface area contributed by atoms with Gasteiger partial charge in [-0.05, 0) is 57.2 Å². The number of nitrogens with one attached hydrogen (secondary N) is 2. The van der Waals surface area contributed by atoms with Crippen LogP contribution in [0.3, 0.4) is 0 Å². The molecule has 0 atom stereocenters. The lowest BCUT2D eigenvalue weighted by atomic mass is 10.1. The molecule has 0 saturated carbocycles. The van der Waals surface area contributed by atoms with Crippen LogP contribution in [0.15, 0.2) is 42.6 Å². The van der Waals surface area contributed by atoms with Crippen LogP contribution >= 0.6 is 0 Å². The van der Waals surface area contributed by atoms with Gasteiger partial charge in [-0.1, -0.05) is 0 Å². The third-order valence-electron chi connectivity index (χ3n) is 2.85. The van der Waals surface area contributed by atoms with Gasteiger partial charge in [-0.2, -0.15) is 0 Å². The van der Waals surface area contributed by atoms with E-state index in [0.717, 1.165) is 0 Å². The fraction of sp³-hybridized carbons (Fsp3) is 0.235. The van der Waals surface area contributed by atoms with Gasteiger partial charge >= 0.3 is 0 Å². The summed E-state index contributed by atoms with van der Waals surface area (Å²) in [7, 11) is 0. The quantitative estimate of drug-likeness (QED) is 0.914. The van der Waals surface area contributed by atoms with Crippen LogP contribution < -0.4 is 10.6 Å². The van der Waals surface area contributed by atoms with Crippen LogP contribution in [0.2, 0.25) is 0 Å². The summed E-state index contributed by atoms with van der Waals surface area (Å²) in [6.45, 7) is 5.57. The molecule has 23 heavy (non-hydrogen) atoms. The summed E-state index contributed by atoms with van der Waals surface area (Å²) in [5.74, 6) is -1.13. The van der Waals surface area contributed by atoms with Crippen LogP contribution in [0.5, 0.6) is 0 Å². The topological polar surface area (TPSA) is 71.1 Å². The molecule has 0 aliphatic rings. The predicted molar refractivity (Wildman–Crippen MR) is 85.8 cm³/mol. The molecule has 0 bridgehead atoms. The maximum atomic E-state index is 12.9. The summed E-state index contributed by atoms with van der Waals surface area (Å²) in [6.07, 6.45) is 1.40. The lowest BCUT2D eigenvalue weighted by molar-refractivity contribution is 0.0914. The molecule has 0 radical (unpaired) electrons. The molecule has 120 valence electrons. The molecule has 5 nitrogen and oxygen atoms in total. The zero-order chi connectivity index (χ0) is 17.0. The molecule has 2 N–H and O–H groups in total. The van der Waals surface area contributed by atoms with E-state index in [1.54, 1.807) is 0 Å². The van der Waals surface area contributed by atoms with Crippen molar-refractivity contribution in [2.75, 3.05) is 5.32 Å². The maximum absolute atomic E-state index is 12.9. The Morgan fingerprint density at radius 1 is 1.04 bits per heavy atom. The molecular formula is C17H18FN3O2. The number of nitrogens with zero attached hydrogens (tertiary/aromatic N) is 1. The Bertz CT molecular complexity index is 721. The molecule has 0 fully saturated rings. The average Bonchev–Trinajstić information content (AvgIpc) is 2.48. The van der Waals surface area contributed by atoms with Gasteiger partial charge in [-0.25, -0.2) is 4.39 Å². The number of hydrogen-bond donors (Lipinski definition) is 2. The van der Waals surface area contributed by atoms with Gasteiger partial charge in [0.15, 0.2) is 0 Å². The van der Waals surface area contributed by atoms with E-state index in [4.69, 9.17) is 0 Å². The monoisotopic (exact) mass is 315 g/mol. The fourth-order valence-electron chi connectivity index (χ4n) is 1.84. The molecule has 0 aliphatic heterocycles. The first-order chi connectivity index (χ1) is 10.7. The van der Waals surface area contributed by atoms with Crippen molar-refractivity contribution in [1.29, 1.82) is 0 Å². The van der Waals surface area contributed by atoms with Gasteiger partial charge in [0.05, 0.1) is 0 Å². The number of benzene rings is 1. The van der Waals surface area contributed by atoms with Crippen molar-refractivity contribution in [2.24, 2.45) is 0 Å². The van der Waals surface area contributed by atoms with Crippen molar-refractivity contribution in [3.63, 3.8) is 0 Å². The summed E-state index contributed by atoms with van der Waals surface area (Å²) in [4.78, 5) is 28.3. The molecule has 2 amide bonds. The predicted octanol–water partition coefficient (Wildman–Crippen LogP) is 3.00. The molecule has 0 saturated heterocycles. The largest absolute Gasteiger partial charge is 0.346 e. The summed E-state index contributed by atoms with van der Waals surface area (Å²) in [5, 5.41) is 5.42. The number of amides is 2. The van der Waals surface area contributed by atoms with Crippen LogP contribution in [-0.4, -0.2) is 22.3 Å². The minimum Gasteiger partial charge on any atom is -0.346 e. The van der Waals surface area contributed by atoms with Crippen molar-refractivity contribution in [1.82, 2.24) is 10.3 Å².